The van der Waals surface area contributed by atoms with Gasteiger partial charge in [-0.25, -0.2) is 28.7 Å². The minimum atomic E-state index is -4.09. The van der Waals surface area contributed by atoms with E-state index in [1.807, 2.05) is 57.1 Å². The van der Waals surface area contributed by atoms with Crippen LogP contribution in [-0.2, 0) is 73.2 Å². The van der Waals surface area contributed by atoms with Crippen LogP contribution in [-0.4, -0.2) is 298 Å². The molecule has 628 valence electrons. The Labute approximate surface area is 643 Å². The lowest BCUT2D eigenvalue weighted by Crippen LogP contribution is -2.57. The molecule has 6 unspecified atom stereocenters. The summed E-state index contributed by atoms with van der Waals surface area (Å²) in [6.07, 6.45) is -3.35. The molecule has 0 bridgehead atoms. The molecular weight excluding hydrogens is 1550 g/mol. The Morgan fingerprint density at radius 3 is 1.45 bits per heavy atom. The lowest BCUT2D eigenvalue weighted by atomic mass is 10.1. The molecule has 0 aliphatic carbocycles. The number of carboxylic acids is 7. The summed E-state index contributed by atoms with van der Waals surface area (Å²) in [6, 6.07) is -3.20. The number of nitrogens with one attached hydrogen (secondary N) is 8. The first-order valence-corrected chi connectivity index (χ1v) is 42.7. The van der Waals surface area contributed by atoms with E-state index >= 15 is 4.11 Å². The number of carboxylic acid groups (broad SMARTS) is 7. The van der Waals surface area contributed by atoms with Crippen LogP contribution in [0.3, 0.4) is 0 Å². The zero-order chi connectivity index (χ0) is 82.0. The van der Waals surface area contributed by atoms with Crippen LogP contribution in [0.4, 0.5) is 8.90 Å². The molecule has 8 atom stereocenters. The van der Waals surface area contributed by atoms with Crippen molar-refractivity contribution in [2.75, 3.05) is 96.2 Å². The number of urea groups is 1. The zero-order valence-corrected chi connectivity index (χ0v) is 66.8. The number of rotatable bonds is 49. The Bertz CT molecular complexity index is 3560. The van der Waals surface area contributed by atoms with E-state index in [9.17, 15) is 106 Å². The third-order valence-electron chi connectivity index (χ3n) is 17.5. The second kappa shape index (κ2) is 48.4. The molecule has 8 amide bonds. The van der Waals surface area contributed by atoms with Gasteiger partial charge in [-0.05, 0) is 78.5 Å². The summed E-state index contributed by atoms with van der Waals surface area (Å²) in [6.45, 7) is 11.8. The number of aromatic nitrogens is 3. The van der Waals surface area contributed by atoms with Gasteiger partial charge in [0.25, 0.3) is 14.3 Å². The monoisotopic (exact) mass is 1660 g/mol. The number of benzene rings is 1. The quantitative estimate of drug-likeness (QED) is 0.0168. The highest BCUT2D eigenvalue weighted by Gasteiger charge is 2.56. The normalized spacial score (nSPS) is 15.7. The van der Waals surface area contributed by atoms with Gasteiger partial charge in [0.05, 0.1) is 31.7 Å². The lowest BCUT2D eigenvalue weighted by Gasteiger charge is -2.44. The molecule has 1 fully saturated rings. The smallest absolute Gasteiger partial charge is 0.326 e. The van der Waals surface area contributed by atoms with Crippen molar-refractivity contribution in [2.24, 2.45) is 0 Å². The van der Waals surface area contributed by atoms with Crippen molar-refractivity contribution in [1.82, 2.24) is 72.2 Å². The first kappa shape index (κ1) is 101. The van der Waals surface area contributed by atoms with E-state index in [2.05, 4.69) is 42.2 Å². The van der Waals surface area contributed by atoms with Gasteiger partial charge in [-0.3, -0.25) is 67.0 Å². The van der Waals surface area contributed by atoms with Gasteiger partial charge in [0.1, 0.15) is 35.9 Å². The molecule has 1 aliphatic heterocycles. The van der Waals surface area contributed by atoms with Crippen LogP contribution in [0.2, 0.25) is 10.1 Å². The largest absolute Gasteiger partial charge is 0.481 e. The van der Waals surface area contributed by atoms with Gasteiger partial charge < -0.3 is 103 Å². The van der Waals surface area contributed by atoms with E-state index in [0.717, 1.165) is 4.68 Å². The molecular formula is C65H110FN14O27P3Si. The van der Waals surface area contributed by atoms with Gasteiger partial charge in [0, 0.05) is 122 Å². The van der Waals surface area contributed by atoms with Crippen molar-refractivity contribution in [1.29, 1.82) is 0 Å². The maximum atomic E-state index is 17.2. The fourth-order valence-electron chi connectivity index (χ4n) is 11.7. The average molecular weight is 1660 g/mol. The van der Waals surface area contributed by atoms with Crippen molar-refractivity contribution in [2.45, 2.75) is 178 Å². The Morgan fingerprint density at radius 2 is 0.964 bits per heavy atom. The molecule has 1 aromatic carbocycles. The summed E-state index contributed by atoms with van der Waals surface area (Å²) in [7, 11) is -11.5. The third kappa shape index (κ3) is 38.1. The van der Waals surface area contributed by atoms with Gasteiger partial charge in [-0.1, -0.05) is 58.9 Å². The van der Waals surface area contributed by atoms with Crippen LogP contribution in [0.1, 0.15) is 154 Å². The van der Waals surface area contributed by atoms with Crippen molar-refractivity contribution in [3.63, 3.8) is 0 Å². The number of unbranched alkanes of at least 4 members (excludes halogenated alkanes) is 1. The fraction of sp³-hybridized carbons (Fsp3) is 0.662. The average Bonchev–Trinajstić information content (AvgIpc) is 0.936. The van der Waals surface area contributed by atoms with Crippen LogP contribution in [0.25, 0.3) is 0 Å². The van der Waals surface area contributed by atoms with E-state index < -0.39 is 204 Å². The van der Waals surface area contributed by atoms with Crippen LogP contribution < -0.4 is 47.7 Å². The van der Waals surface area contributed by atoms with Crippen LogP contribution in [0, 0.1) is 0 Å². The molecule has 0 radical (unpaired) electrons. The van der Waals surface area contributed by atoms with Crippen LogP contribution >= 0.6 is 23.3 Å². The highest BCUT2D eigenvalue weighted by molar-refractivity contribution is 7.58. The molecule has 1 aliphatic rings. The molecule has 111 heavy (non-hydrogen) atoms. The molecule has 41 nitrogen and oxygen atoms in total. The topological polar surface area (TPSA) is 655 Å². The Hall–Kier alpha value is -8.50. The number of nitrogens with zero attached hydrogens (tertiary/aromatic N) is 6. The number of halogens is 1. The highest BCUT2D eigenvalue weighted by Crippen LogP contribution is 2.51. The zero-order valence-electron chi connectivity index (χ0n) is 63.0. The van der Waals surface area contributed by atoms with Crippen LogP contribution in [0.15, 0.2) is 30.5 Å². The van der Waals surface area contributed by atoms with Crippen LogP contribution in [0.5, 0.6) is 0 Å². The molecule has 0 spiro atoms. The van der Waals surface area contributed by atoms with Gasteiger partial charge in [0.2, 0.25) is 44.3 Å². The maximum Gasteiger partial charge on any atom is 0.326 e. The molecule has 1 aromatic heterocycles. The van der Waals surface area contributed by atoms with Gasteiger partial charge in [0.15, 0.2) is 0 Å². The molecule has 0 saturated carbocycles. The third-order valence-corrected chi connectivity index (χ3v) is 27.6. The number of carbonyl (C=O) groups excluding carboxylic acids is 7. The van der Waals surface area contributed by atoms with Gasteiger partial charge in [-0.2, -0.15) is 0 Å². The SMILES string of the molecule is CC(C)(C)[Si](F)(c1ccc(C(=O)NCC(C(=O)NC(CCCCNC(=O)CCC(=O)NCCCC(NC(=O)CC[C@H](NC(=O)N[C@@H](CCC(=O)O)C(=O)O)C(=O)O)C(=O)O)C(=O)O)n2cc(CNC(=O)CCP(=O)(O)CN3CCN(CPCCC(=O)O)CCN(CP(=O)(O)CCC(=O)O)CC3)nn2)cc1)C(C)(C)C.O.O. The van der Waals surface area contributed by atoms with Gasteiger partial charge >= 0.3 is 47.8 Å². The number of aliphatic carboxylic acids is 7. The standard InChI is InChI=1S/C65H106FN14O25P3Si.2H2O/c1-64(2,3)109(66,65(4,5)6)44-14-12-42(13-15-44)57(91)70-37-49(80-38-43(75-76-80)36-69-52(83)23-34-107(102,103)40-78-29-27-77(39-106-33-22-55(87)88)28-30-79(32-31-78)41-108(104,105)35-24-56(89)90)58(92)72-46(60(95)96)10-7-8-25-67-50(81)19-20-51(82)68-26-9-11-45(59(93)94)71-53(84)18-16-47(61(97)98)73-63(101)74-48(62(99)100)17-21-54(85)86;;/h12-15,38,45-49,106H,7-11,16-37,39-41H2,1-6H3,(H,67,81)(H,68,82)(H,69,83)(H,70,91)(H,71,84)(H,72,92)(H,85,86)(H,87,88)(H,89,90)(H,93,94)(H,95,96)(H,97,98)(H,99,100)(H,102,103)(H,104,105)(H2,73,74,101);2*1H2/t45?,46?,47-,48-,49?;;/m0../s1. The summed E-state index contributed by atoms with van der Waals surface area (Å²) in [5.74, 6) is -14.0. The van der Waals surface area contributed by atoms with Crippen molar-refractivity contribution in [3.8, 4) is 0 Å². The molecule has 46 heteroatoms. The van der Waals surface area contributed by atoms with E-state index in [1.54, 1.807) is 21.9 Å². The van der Waals surface area contributed by atoms with Gasteiger partial charge in [-0.15, -0.1) is 13.7 Å². The van der Waals surface area contributed by atoms with E-state index in [-0.39, 0.29) is 134 Å². The predicted octanol–water partition coefficient (Wildman–Crippen LogP) is -0.758. The lowest BCUT2D eigenvalue weighted by molar-refractivity contribution is -0.143. The Kier molecular flexibility index (Phi) is 43.8. The molecule has 3 rings (SSSR count). The summed E-state index contributed by atoms with van der Waals surface area (Å²) in [5, 5.41) is 91.8. The summed E-state index contributed by atoms with van der Waals surface area (Å²) < 4.78 is 45.0. The maximum absolute atomic E-state index is 17.2. The number of carbonyl (C=O) groups is 14. The Morgan fingerprint density at radius 1 is 0.523 bits per heavy atom. The van der Waals surface area contributed by atoms with Crippen molar-refractivity contribution >= 4 is 120 Å². The predicted molar refractivity (Wildman–Crippen MR) is 402 cm³/mol. The minimum Gasteiger partial charge on any atom is -0.481 e. The van der Waals surface area contributed by atoms with Crippen molar-refractivity contribution < 1.29 is 137 Å². The fourth-order valence-corrected chi connectivity index (χ4v) is 20.7. The minimum absolute atomic E-state index is 0. The van der Waals surface area contributed by atoms with E-state index in [4.69, 9.17) is 15.3 Å². The highest BCUT2D eigenvalue weighted by atomic mass is 31.2. The number of amides is 8. The van der Waals surface area contributed by atoms with E-state index in [0.29, 0.717) is 37.3 Å². The molecule has 21 N–H and O–H groups in total. The Balaban J connectivity index is 0.0000308. The van der Waals surface area contributed by atoms with Crippen molar-refractivity contribution in [3.05, 3.63) is 41.7 Å². The molecule has 2 heterocycles. The molecule has 1 saturated heterocycles. The summed E-state index contributed by atoms with van der Waals surface area (Å²) in [4.78, 5) is 200. The summed E-state index contributed by atoms with van der Waals surface area (Å²) in [5.41, 5.74) is 0.169. The first-order valence-electron chi connectivity index (χ1n) is 35.3. The number of hydrogen-bond donors (Lipinski definition) is 17. The second-order valence-electron chi connectivity index (χ2n) is 28.5. The first-order chi connectivity index (χ1) is 50.8. The van der Waals surface area contributed by atoms with E-state index in [1.165, 1.54) is 18.3 Å². The summed E-state index contributed by atoms with van der Waals surface area (Å²) >= 11 is 0. The second-order valence-corrected chi connectivity index (χ2v) is 39.5. The number of hydrogen-bond acceptors (Lipinski definition) is 21. The molecule has 2 aromatic rings.